The second-order valence-corrected chi connectivity index (χ2v) is 5.58. The van der Waals surface area contributed by atoms with E-state index in [1.54, 1.807) is 6.07 Å². The molecule has 0 bridgehead atoms. The Bertz CT molecular complexity index is 628. The minimum atomic E-state index is -0.141. The highest BCUT2D eigenvalue weighted by molar-refractivity contribution is 6.32. The molecule has 116 valence electrons. The SMILES string of the molecule is CC[C@H](C)NC(=O)COc1ccc(-c2ccccc2)cc1Cl. The largest absolute Gasteiger partial charge is 0.482 e. The zero-order valence-corrected chi connectivity index (χ0v) is 13.6. The van der Waals surface area contributed by atoms with Crippen molar-refractivity contribution in [2.24, 2.45) is 0 Å². The van der Waals surface area contributed by atoms with Crippen LogP contribution < -0.4 is 10.1 Å². The Morgan fingerprint density at radius 3 is 2.55 bits per heavy atom. The Morgan fingerprint density at radius 2 is 1.91 bits per heavy atom. The molecular formula is C18H20ClNO2. The highest BCUT2D eigenvalue weighted by Gasteiger charge is 2.09. The van der Waals surface area contributed by atoms with Gasteiger partial charge in [0.25, 0.3) is 5.91 Å². The van der Waals surface area contributed by atoms with Crippen molar-refractivity contribution in [3.63, 3.8) is 0 Å². The summed E-state index contributed by atoms with van der Waals surface area (Å²) in [6.07, 6.45) is 0.887. The molecule has 0 spiro atoms. The van der Waals surface area contributed by atoms with E-state index in [0.717, 1.165) is 17.5 Å². The molecule has 0 aliphatic rings. The molecule has 4 heteroatoms. The van der Waals surface area contributed by atoms with Gasteiger partial charge in [0.1, 0.15) is 5.75 Å². The van der Waals surface area contributed by atoms with Gasteiger partial charge in [-0.05, 0) is 36.6 Å². The summed E-state index contributed by atoms with van der Waals surface area (Å²) in [4.78, 5) is 11.7. The predicted octanol–water partition coefficient (Wildman–Crippen LogP) is 4.30. The smallest absolute Gasteiger partial charge is 0.258 e. The number of nitrogens with one attached hydrogen (secondary N) is 1. The lowest BCUT2D eigenvalue weighted by molar-refractivity contribution is -0.123. The van der Waals surface area contributed by atoms with Crippen LogP contribution in [0.2, 0.25) is 5.02 Å². The van der Waals surface area contributed by atoms with Crippen molar-refractivity contribution in [2.75, 3.05) is 6.61 Å². The van der Waals surface area contributed by atoms with E-state index in [0.29, 0.717) is 10.8 Å². The maximum Gasteiger partial charge on any atom is 0.258 e. The number of benzene rings is 2. The second kappa shape index (κ2) is 7.85. The molecule has 0 fully saturated rings. The minimum Gasteiger partial charge on any atom is -0.482 e. The molecule has 2 aromatic carbocycles. The molecule has 1 amide bonds. The number of ether oxygens (including phenoxy) is 1. The van der Waals surface area contributed by atoms with E-state index in [4.69, 9.17) is 16.3 Å². The predicted molar refractivity (Wildman–Crippen MR) is 90.3 cm³/mol. The highest BCUT2D eigenvalue weighted by atomic mass is 35.5. The molecular weight excluding hydrogens is 298 g/mol. The van der Waals surface area contributed by atoms with Gasteiger partial charge >= 0.3 is 0 Å². The molecule has 22 heavy (non-hydrogen) atoms. The van der Waals surface area contributed by atoms with Gasteiger partial charge in [-0.3, -0.25) is 4.79 Å². The summed E-state index contributed by atoms with van der Waals surface area (Å²) < 4.78 is 5.49. The van der Waals surface area contributed by atoms with Gasteiger partial charge in [0.15, 0.2) is 6.61 Å². The normalized spacial score (nSPS) is 11.8. The number of hydrogen-bond donors (Lipinski definition) is 1. The third kappa shape index (κ3) is 4.50. The van der Waals surface area contributed by atoms with Crippen LogP contribution in [0.1, 0.15) is 20.3 Å². The fraction of sp³-hybridized carbons (Fsp3) is 0.278. The lowest BCUT2D eigenvalue weighted by Crippen LogP contribution is -2.35. The zero-order valence-electron chi connectivity index (χ0n) is 12.8. The van der Waals surface area contributed by atoms with E-state index in [1.807, 2.05) is 56.3 Å². The van der Waals surface area contributed by atoms with E-state index < -0.39 is 0 Å². The van der Waals surface area contributed by atoms with Crippen molar-refractivity contribution in [3.8, 4) is 16.9 Å². The van der Waals surface area contributed by atoms with Gasteiger partial charge in [0.2, 0.25) is 0 Å². The van der Waals surface area contributed by atoms with Gasteiger partial charge in [0, 0.05) is 6.04 Å². The molecule has 2 aromatic rings. The van der Waals surface area contributed by atoms with Crippen LogP contribution in [-0.4, -0.2) is 18.6 Å². The summed E-state index contributed by atoms with van der Waals surface area (Å²) in [5.74, 6) is 0.373. The van der Waals surface area contributed by atoms with Crippen LogP contribution >= 0.6 is 11.6 Å². The summed E-state index contributed by atoms with van der Waals surface area (Å²) in [6, 6.07) is 15.7. The van der Waals surface area contributed by atoms with Gasteiger partial charge in [-0.15, -0.1) is 0 Å². The van der Waals surface area contributed by atoms with Crippen molar-refractivity contribution >= 4 is 17.5 Å². The minimum absolute atomic E-state index is 0.0330. The van der Waals surface area contributed by atoms with Crippen molar-refractivity contribution < 1.29 is 9.53 Å². The summed E-state index contributed by atoms with van der Waals surface area (Å²) in [5, 5.41) is 3.35. The van der Waals surface area contributed by atoms with Crippen LogP contribution in [0.25, 0.3) is 11.1 Å². The van der Waals surface area contributed by atoms with Crippen LogP contribution in [-0.2, 0) is 4.79 Å². The van der Waals surface area contributed by atoms with Gasteiger partial charge in [0.05, 0.1) is 5.02 Å². The molecule has 0 aliphatic carbocycles. The molecule has 0 saturated carbocycles. The van der Waals surface area contributed by atoms with E-state index in [1.165, 1.54) is 0 Å². The third-order valence-electron chi connectivity index (χ3n) is 3.42. The maximum atomic E-state index is 11.7. The Morgan fingerprint density at radius 1 is 1.18 bits per heavy atom. The average molecular weight is 318 g/mol. The fourth-order valence-corrected chi connectivity index (χ4v) is 2.23. The van der Waals surface area contributed by atoms with Crippen LogP contribution in [0.3, 0.4) is 0 Å². The first kappa shape index (κ1) is 16.4. The summed E-state index contributed by atoms with van der Waals surface area (Å²) in [5.41, 5.74) is 2.10. The van der Waals surface area contributed by atoms with Gasteiger partial charge in [-0.2, -0.15) is 0 Å². The molecule has 0 heterocycles. The van der Waals surface area contributed by atoms with E-state index >= 15 is 0 Å². The number of hydrogen-bond acceptors (Lipinski definition) is 2. The number of carbonyl (C=O) groups is 1. The van der Waals surface area contributed by atoms with E-state index in [9.17, 15) is 4.79 Å². The van der Waals surface area contributed by atoms with Crippen molar-refractivity contribution in [2.45, 2.75) is 26.3 Å². The second-order valence-electron chi connectivity index (χ2n) is 5.18. The standard InChI is InChI=1S/C18H20ClNO2/c1-3-13(2)20-18(21)12-22-17-10-9-15(11-16(17)19)14-7-5-4-6-8-14/h4-11,13H,3,12H2,1-2H3,(H,20,21)/t13-/m0/s1. The molecule has 0 unspecified atom stereocenters. The Labute approximate surface area is 136 Å². The lowest BCUT2D eigenvalue weighted by Gasteiger charge is -2.13. The third-order valence-corrected chi connectivity index (χ3v) is 3.71. The van der Waals surface area contributed by atoms with E-state index in [-0.39, 0.29) is 18.6 Å². The molecule has 2 rings (SSSR count). The number of carbonyl (C=O) groups excluding carboxylic acids is 1. The number of amides is 1. The Balaban J connectivity index is 2.00. The first-order valence-corrected chi connectivity index (χ1v) is 7.75. The lowest BCUT2D eigenvalue weighted by atomic mass is 10.1. The van der Waals surface area contributed by atoms with E-state index in [2.05, 4.69) is 5.32 Å². The zero-order chi connectivity index (χ0) is 15.9. The molecule has 1 N–H and O–H groups in total. The topological polar surface area (TPSA) is 38.3 Å². The molecule has 1 atom stereocenters. The van der Waals surface area contributed by atoms with Crippen LogP contribution in [0, 0.1) is 0 Å². The quantitative estimate of drug-likeness (QED) is 0.862. The maximum absolute atomic E-state index is 11.7. The van der Waals surface area contributed by atoms with Crippen molar-refractivity contribution in [1.82, 2.24) is 5.32 Å². The van der Waals surface area contributed by atoms with Gasteiger partial charge < -0.3 is 10.1 Å². The Hall–Kier alpha value is -2.00. The fourth-order valence-electron chi connectivity index (χ4n) is 1.99. The monoisotopic (exact) mass is 317 g/mol. The molecule has 0 aliphatic heterocycles. The first-order chi connectivity index (χ1) is 10.6. The first-order valence-electron chi connectivity index (χ1n) is 7.37. The number of rotatable bonds is 6. The summed E-state index contributed by atoms with van der Waals surface area (Å²) in [7, 11) is 0. The van der Waals surface area contributed by atoms with Crippen LogP contribution in [0.4, 0.5) is 0 Å². The molecule has 0 aromatic heterocycles. The summed E-state index contributed by atoms with van der Waals surface area (Å²) in [6.45, 7) is 3.94. The summed E-state index contributed by atoms with van der Waals surface area (Å²) >= 11 is 6.24. The molecule has 0 radical (unpaired) electrons. The van der Waals surface area contributed by atoms with Crippen molar-refractivity contribution in [1.29, 1.82) is 0 Å². The van der Waals surface area contributed by atoms with Gasteiger partial charge in [-0.25, -0.2) is 0 Å². The van der Waals surface area contributed by atoms with Gasteiger partial charge in [-0.1, -0.05) is 54.9 Å². The van der Waals surface area contributed by atoms with Crippen molar-refractivity contribution in [3.05, 3.63) is 53.6 Å². The highest BCUT2D eigenvalue weighted by Crippen LogP contribution is 2.30. The van der Waals surface area contributed by atoms with Crippen LogP contribution in [0.15, 0.2) is 48.5 Å². The Kier molecular flexibility index (Phi) is 5.84. The number of halogens is 1. The molecule has 3 nitrogen and oxygen atoms in total. The molecule has 0 saturated heterocycles. The average Bonchev–Trinajstić information content (AvgIpc) is 2.54. The van der Waals surface area contributed by atoms with Crippen LogP contribution in [0.5, 0.6) is 5.75 Å².